The molecule has 0 saturated heterocycles. The van der Waals surface area contributed by atoms with Crippen molar-refractivity contribution in [1.82, 2.24) is 0 Å². The normalized spacial score (nSPS) is 12.3. The summed E-state index contributed by atoms with van der Waals surface area (Å²) in [6.07, 6.45) is 0. The van der Waals surface area contributed by atoms with Crippen LogP contribution in [0.5, 0.6) is 5.75 Å². The highest BCUT2D eigenvalue weighted by Crippen LogP contribution is 2.42. The second-order valence-corrected chi connectivity index (χ2v) is 15.8. The van der Waals surface area contributed by atoms with Gasteiger partial charge in [-0.05, 0) is 76.2 Å². The average molecular weight is 745 g/mol. The zero-order valence-corrected chi connectivity index (χ0v) is 30.5. The Kier molecular flexibility index (Phi) is 10.3. The zero-order chi connectivity index (χ0) is 36.6. The summed E-state index contributed by atoms with van der Waals surface area (Å²) in [5.41, 5.74) is 2.94. The lowest BCUT2D eigenvalue weighted by Gasteiger charge is -2.21. The molecular formula is C34H38N3O10S3+. The van der Waals surface area contributed by atoms with E-state index < -0.39 is 44.9 Å². The van der Waals surface area contributed by atoms with E-state index in [0.717, 1.165) is 61.8 Å². The Bertz CT molecular complexity index is 2360. The molecule has 16 heteroatoms. The summed E-state index contributed by atoms with van der Waals surface area (Å²) < 4.78 is 110. The molecule has 0 unspecified atom stereocenters. The number of ether oxygens (including phenoxy) is 1. The Morgan fingerprint density at radius 3 is 1.64 bits per heavy atom. The third-order valence-corrected chi connectivity index (χ3v) is 11.6. The molecule has 0 aliphatic rings. The molecular weight excluding hydrogens is 707 g/mol. The van der Waals surface area contributed by atoms with Crippen LogP contribution in [0, 0.1) is 0 Å². The number of hydrogen-bond donors (Lipinski definition) is 3. The molecule has 1 heterocycles. The lowest BCUT2D eigenvalue weighted by atomic mass is 9.96. The van der Waals surface area contributed by atoms with E-state index in [4.69, 9.17) is 9.15 Å². The van der Waals surface area contributed by atoms with Gasteiger partial charge in [-0.1, -0.05) is 6.07 Å². The van der Waals surface area contributed by atoms with Gasteiger partial charge in [0.25, 0.3) is 30.3 Å². The van der Waals surface area contributed by atoms with Crippen molar-refractivity contribution in [3.05, 3.63) is 72.8 Å². The molecule has 0 atom stereocenters. The smallest absolute Gasteiger partial charge is 0.363 e. The number of methoxy groups -OCH3 is 1. The van der Waals surface area contributed by atoms with Crippen molar-refractivity contribution in [3.8, 4) is 16.9 Å². The highest BCUT2D eigenvalue weighted by Gasteiger charge is 2.29. The first kappa shape index (κ1) is 36.8. The topological polar surface area (TPSA) is 182 Å². The van der Waals surface area contributed by atoms with Crippen molar-refractivity contribution in [3.63, 3.8) is 0 Å². The van der Waals surface area contributed by atoms with Crippen molar-refractivity contribution in [2.45, 2.75) is 42.4 Å². The van der Waals surface area contributed by atoms with Crippen molar-refractivity contribution < 1.29 is 43.5 Å². The van der Waals surface area contributed by atoms with E-state index in [2.05, 4.69) is 14.5 Å². The van der Waals surface area contributed by atoms with Crippen molar-refractivity contribution in [2.24, 2.45) is 0 Å². The number of sulfonamides is 1. The van der Waals surface area contributed by atoms with E-state index in [1.807, 2.05) is 64.1 Å². The molecule has 1 aromatic heterocycles. The molecule has 5 aromatic rings. The number of nitrogens with zero attached hydrogens (tertiary/aromatic N) is 2. The van der Waals surface area contributed by atoms with Gasteiger partial charge in [0.2, 0.25) is 0 Å². The minimum Gasteiger partial charge on any atom is -0.495 e. The van der Waals surface area contributed by atoms with E-state index in [1.54, 1.807) is 0 Å². The fraction of sp³-hybridized carbons (Fsp3) is 0.265. The predicted molar refractivity (Wildman–Crippen MR) is 194 cm³/mol. The zero-order valence-electron chi connectivity index (χ0n) is 28.0. The third kappa shape index (κ3) is 7.20. The van der Waals surface area contributed by atoms with E-state index >= 15 is 0 Å². The summed E-state index contributed by atoms with van der Waals surface area (Å²) in [5.74, 6) is -0.227. The number of hydrogen-bond acceptors (Lipinski definition) is 9. The van der Waals surface area contributed by atoms with Crippen LogP contribution < -0.4 is 19.3 Å². The predicted octanol–water partition coefficient (Wildman–Crippen LogP) is 6.53. The fourth-order valence-corrected chi connectivity index (χ4v) is 8.33. The Balaban J connectivity index is 1.75. The number of fused-ring (bicyclic) bond motifs is 2. The Labute approximate surface area is 291 Å². The van der Waals surface area contributed by atoms with E-state index in [1.165, 1.54) is 19.2 Å². The third-order valence-electron chi connectivity index (χ3n) is 8.47. The monoisotopic (exact) mass is 744 g/mol. The van der Waals surface area contributed by atoms with Crippen LogP contribution in [-0.4, -0.2) is 67.6 Å². The van der Waals surface area contributed by atoms with Crippen LogP contribution in [0.2, 0.25) is 0 Å². The molecule has 13 nitrogen and oxygen atoms in total. The van der Waals surface area contributed by atoms with Crippen molar-refractivity contribution in [2.75, 3.05) is 47.8 Å². The van der Waals surface area contributed by atoms with Gasteiger partial charge in [-0.25, -0.2) is 12.8 Å². The van der Waals surface area contributed by atoms with Gasteiger partial charge in [-0.3, -0.25) is 13.8 Å². The maximum Gasteiger partial charge on any atom is 0.363 e. The first-order chi connectivity index (χ1) is 23.6. The summed E-state index contributed by atoms with van der Waals surface area (Å²) in [6.45, 7) is 11.1. The van der Waals surface area contributed by atoms with Gasteiger partial charge in [0.1, 0.15) is 10.6 Å². The highest BCUT2D eigenvalue weighted by atomic mass is 32.2. The van der Waals surface area contributed by atoms with Gasteiger partial charge < -0.3 is 14.5 Å². The second kappa shape index (κ2) is 14.0. The maximum absolute atomic E-state index is 13.6. The highest BCUT2D eigenvalue weighted by molar-refractivity contribution is 7.92. The Hall–Kier alpha value is -4.48. The molecule has 5 rings (SSSR count). The summed E-state index contributed by atoms with van der Waals surface area (Å²) in [5, 5.41) is 1.07. The van der Waals surface area contributed by atoms with Gasteiger partial charge in [-0.15, -0.1) is 0 Å². The van der Waals surface area contributed by atoms with Crippen LogP contribution in [0.15, 0.2) is 91.9 Å². The number of benzene rings is 4. The Morgan fingerprint density at radius 1 is 0.660 bits per heavy atom. The van der Waals surface area contributed by atoms with Crippen LogP contribution in [-0.2, 0) is 30.3 Å². The molecule has 0 saturated carbocycles. The molecule has 0 fully saturated rings. The van der Waals surface area contributed by atoms with Crippen LogP contribution in [0.4, 0.5) is 17.1 Å². The van der Waals surface area contributed by atoms with Gasteiger partial charge in [0.05, 0.1) is 45.5 Å². The molecule has 0 bridgehead atoms. The fourth-order valence-electron chi connectivity index (χ4n) is 5.94. The minimum absolute atomic E-state index is 0.0403. The Morgan fingerprint density at radius 2 is 1.18 bits per heavy atom. The molecule has 0 spiro atoms. The molecule has 0 aliphatic heterocycles. The number of nitrogens with one attached hydrogen (secondary N) is 1. The lowest BCUT2D eigenvalue weighted by Crippen LogP contribution is -2.21. The maximum atomic E-state index is 13.6. The molecule has 3 N–H and O–H groups in total. The molecule has 0 amide bonds. The first-order valence-electron chi connectivity index (χ1n) is 15.7. The minimum atomic E-state index is -5.03. The van der Waals surface area contributed by atoms with Crippen molar-refractivity contribution >= 4 is 69.3 Å². The SMILES string of the molecule is CCN(CC)c1ccc2c(-c3ccc(S(=O)(=O)Nc4ccc(S(=O)(=O)O)cc4OC)cc3S(=O)(=O)O)c3ccc(N(CC)CC)cc3[o+]c2c1. The largest absolute Gasteiger partial charge is 0.495 e. The molecule has 50 heavy (non-hydrogen) atoms. The van der Waals surface area contributed by atoms with Crippen LogP contribution in [0.25, 0.3) is 33.1 Å². The summed E-state index contributed by atoms with van der Waals surface area (Å²) in [6, 6.07) is 17.4. The van der Waals surface area contributed by atoms with Crippen molar-refractivity contribution in [1.29, 1.82) is 0 Å². The van der Waals surface area contributed by atoms with Gasteiger partial charge in [0.15, 0.2) is 0 Å². The van der Waals surface area contributed by atoms with E-state index in [0.29, 0.717) is 27.5 Å². The second-order valence-electron chi connectivity index (χ2n) is 11.3. The van der Waals surface area contributed by atoms with Gasteiger partial charge in [-0.2, -0.15) is 16.8 Å². The van der Waals surface area contributed by atoms with Crippen LogP contribution >= 0.6 is 0 Å². The summed E-state index contributed by atoms with van der Waals surface area (Å²) >= 11 is 0. The first-order valence-corrected chi connectivity index (χ1v) is 20.1. The summed E-state index contributed by atoms with van der Waals surface area (Å²) in [4.78, 5) is 2.55. The lowest BCUT2D eigenvalue weighted by molar-refractivity contribution is 0.414. The molecule has 0 aliphatic carbocycles. The molecule has 4 aromatic carbocycles. The number of rotatable bonds is 13. The van der Waals surface area contributed by atoms with Crippen LogP contribution in [0.1, 0.15) is 27.7 Å². The quantitative estimate of drug-likeness (QED) is 0.0675. The standard InChI is InChI=1S/C34H37N3O10S3/c1-6-36(7-2)22-10-14-26-30(18-22)47-31-19-23(37(8-3)9-4)11-15-27(31)34(26)28-16-12-24(21-33(28)50(43,44)45)48(38,39)35-29-17-13-25(49(40,41)42)20-32(29)46-5/h10-21,35H,6-9H2,1-5H3,(H-,40,41,42,43,44,45)/p+1. The average Bonchev–Trinajstić information content (AvgIpc) is 3.07. The summed E-state index contributed by atoms with van der Waals surface area (Å²) in [7, 11) is -13.0. The van der Waals surface area contributed by atoms with Gasteiger partial charge in [0, 0.05) is 54.7 Å². The van der Waals surface area contributed by atoms with E-state index in [9.17, 15) is 34.4 Å². The van der Waals surface area contributed by atoms with Gasteiger partial charge >= 0.3 is 11.2 Å². The number of anilines is 3. The van der Waals surface area contributed by atoms with E-state index in [-0.39, 0.29) is 17.0 Å². The molecule has 266 valence electrons. The molecule has 0 radical (unpaired) electrons. The van der Waals surface area contributed by atoms with Crippen LogP contribution in [0.3, 0.4) is 0 Å².